The van der Waals surface area contributed by atoms with E-state index in [9.17, 15) is 0 Å². The molecule has 1 aliphatic rings. The molecule has 0 unspecified atom stereocenters. The maximum atomic E-state index is 2.43. The topological polar surface area (TPSA) is 0 Å². The van der Waals surface area contributed by atoms with E-state index in [0.717, 1.165) is 11.8 Å². The van der Waals surface area contributed by atoms with Gasteiger partial charge in [0.1, 0.15) is 7.28 Å². The van der Waals surface area contributed by atoms with Crippen molar-refractivity contribution in [2.45, 2.75) is 52.8 Å². The molecule has 0 aliphatic heterocycles. The summed E-state index contributed by atoms with van der Waals surface area (Å²) in [6, 6.07) is 7.04. The van der Waals surface area contributed by atoms with Gasteiger partial charge >= 0.3 is 0 Å². The van der Waals surface area contributed by atoms with E-state index in [4.69, 9.17) is 0 Å². The van der Waals surface area contributed by atoms with E-state index >= 15 is 0 Å². The van der Waals surface area contributed by atoms with Crippen LogP contribution in [0.1, 0.15) is 45.2 Å². The first kappa shape index (κ1) is 12.7. The van der Waals surface area contributed by atoms with Crippen molar-refractivity contribution in [2.24, 2.45) is 11.8 Å². The van der Waals surface area contributed by atoms with Crippen LogP contribution in [0, 0.1) is 11.8 Å². The fraction of sp³-hybridized carbons (Fsp3) is 0.625. The molecular formula is C16H24B. The molecule has 0 saturated heterocycles. The van der Waals surface area contributed by atoms with Gasteiger partial charge in [-0.3, -0.25) is 0 Å². The highest BCUT2D eigenvalue weighted by atomic mass is 14.5. The first-order valence-electron chi connectivity index (χ1n) is 6.95. The molecule has 1 heteroatoms. The largest absolute Gasteiger partial charge is 0.148 e. The molecule has 17 heavy (non-hydrogen) atoms. The molecule has 0 atom stereocenters. The van der Waals surface area contributed by atoms with Gasteiger partial charge in [-0.15, -0.1) is 0 Å². The van der Waals surface area contributed by atoms with Gasteiger partial charge in [0.25, 0.3) is 0 Å². The van der Waals surface area contributed by atoms with E-state index in [-0.39, 0.29) is 0 Å². The Hall–Kier alpha value is -0.715. The lowest BCUT2D eigenvalue weighted by molar-refractivity contribution is 0.218. The molecule has 1 aliphatic carbocycles. The van der Waals surface area contributed by atoms with Crippen LogP contribution in [0.15, 0.2) is 18.2 Å². The van der Waals surface area contributed by atoms with Crippen molar-refractivity contribution < 1.29 is 0 Å². The Bertz CT molecular complexity index is 396. The van der Waals surface area contributed by atoms with E-state index in [1.807, 2.05) is 0 Å². The average molecular weight is 227 g/mol. The molecule has 0 spiro atoms. The molecule has 1 aromatic carbocycles. The third-order valence-corrected chi connectivity index (χ3v) is 4.84. The van der Waals surface area contributed by atoms with Crippen molar-refractivity contribution in [2.75, 3.05) is 0 Å². The number of fused-ring (bicyclic) bond motifs is 1. The average Bonchev–Trinajstić information content (AvgIpc) is 2.68. The number of rotatable bonds is 3. The minimum absolute atomic E-state index is 0.397. The van der Waals surface area contributed by atoms with Crippen molar-refractivity contribution in [3.63, 3.8) is 0 Å². The van der Waals surface area contributed by atoms with Crippen LogP contribution in [-0.4, -0.2) is 7.28 Å². The van der Waals surface area contributed by atoms with Gasteiger partial charge in [-0.1, -0.05) is 58.2 Å². The van der Waals surface area contributed by atoms with Crippen LogP contribution in [0.5, 0.6) is 0 Å². The number of aryl methyl sites for hydroxylation is 1. The molecule has 0 heterocycles. The maximum absolute atomic E-state index is 2.43. The third kappa shape index (κ3) is 1.84. The Morgan fingerprint density at radius 3 is 2.29 bits per heavy atom. The Morgan fingerprint density at radius 1 is 1.12 bits per heavy atom. The molecule has 1 aromatic rings. The van der Waals surface area contributed by atoms with Crippen LogP contribution in [-0.2, 0) is 11.8 Å². The van der Waals surface area contributed by atoms with E-state index in [1.165, 1.54) is 18.3 Å². The summed E-state index contributed by atoms with van der Waals surface area (Å²) >= 11 is 0. The Labute approximate surface area is 107 Å². The fourth-order valence-electron chi connectivity index (χ4n) is 3.77. The highest BCUT2D eigenvalue weighted by Gasteiger charge is 2.43. The zero-order valence-corrected chi connectivity index (χ0v) is 11.9. The molecule has 0 saturated carbocycles. The highest BCUT2D eigenvalue weighted by molar-refractivity contribution is 6.51. The molecule has 0 bridgehead atoms. The molecular weight excluding hydrogens is 203 g/mol. The first-order valence-corrected chi connectivity index (χ1v) is 6.95. The van der Waals surface area contributed by atoms with Crippen LogP contribution in [0.4, 0.5) is 0 Å². The van der Waals surface area contributed by atoms with Crippen LogP contribution < -0.4 is 5.46 Å². The summed E-state index contributed by atoms with van der Waals surface area (Å²) in [7, 11) is 2.21. The van der Waals surface area contributed by atoms with Crippen LogP contribution >= 0.6 is 0 Å². The Kier molecular flexibility index (Phi) is 3.38. The van der Waals surface area contributed by atoms with Crippen molar-refractivity contribution >= 4 is 12.7 Å². The standard InChI is InChI=1S/C16H24B/c1-11(2)16(12(3)4)9-8-13-6-7-14(17-5)10-15(13)16/h6-7,10-12H,8-9H2,1-5H3. The molecule has 91 valence electrons. The Morgan fingerprint density at radius 2 is 1.76 bits per heavy atom. The van der Waals surface area contributed by atoms with E-state index in [2.05, 4.69) is 60.0 Å². The fourth-order valence-corrected chi connectivity index (χ4v) is 3.77. The monoisotopic (exact) mass is 227 g/mol. The number of hydrogen-bond donors (Lipinski definition) is 0. The summed E-state index contributed by atoms with van der Waals surface area (Å²) in [5, 5.41) is 0. The summed E-state index contributed by atoms with van der Waals surface area (Å²) in [4.78, 5) is 0. The summed E-state index contributed by atoms with van der Waals surface area (Å²) in [5.41, 5.74) is 4.97. The summed E-state index contributed by atoms with van der Waals surface area (Å²) in [5.74, 6) is 1.44. The van der Waals surface area contributed by atoms with Crippen LogP contribution in [0.3, 0.4) is 0 Å². The highest BCUT2D eigenvalue weighted by Crippen LogP contribution is 2.48. The summed E-state index contributed by atoms with van der Waals surface area (Å²) in [6.45, 7) is 11.7. The maximum Gasteiger partial charge on any atom is 0.148 e. The van der Waals surface area contributed by atoms with Gasteiger partial charge in [-0.25, -0.2) is 0 Å². The SMILES string of the molecule is C[B]c1ccc2c(c1)C(C(C)C)(C(C)C)CC2. The van der Waals surface area contributed by atoms with Crippen molar-refractivity contribution in [3.05, 3.63) is 29.3 Å². The van der Waals surface area contributed by atoms with E-state index < -0.39 is 0 Å². The van der Waals surface area contributed by atoms with Gasteiger partial charge in [-0.05, 0) is 35.8 Å². The molecule has 2 rings (SSSR count). The predicted molar refractivity (Wildman–Crippen MR) is 77.4 cm³/mol. The summed E-state index contributed by atoms with van der Waals surface area (Å²) < 4.78 is 0. The quantitative estimate of drug-likeness (QED) is 0.692. The van der Waals surface area contributed by atoms with Gasteiger partial charge in [-0.2, -0.15) is 0 Å². The lowest BCUT2D eigenvalue weighted by atomic mass is 9.63. The lowest BCUT2D eigenvalue weighted by Gasteiger charge is -2.39. The van der Waals surface area contributed by atoms with Crippen molar-refractivity contribution in [1.82, 2.24) is 0 Å². The van der Waals surface area contributed by atoms with Crippen LogP contribution in [0.2, 0.25) is 6.82 Å². The second-order valence-corrected chi connectivity index (χ2v) is 6.06. The van der Waals surface area contributed by atoms with Crippen molar-refractivity contribution in [1.29, 1.82) is 0 Å². The molecule has 0 nitrogen and oxygen atoms in total. The smallest absolute Gasteiger partial charge is 0.0878 e. The zero-order valence-electron chi connectivity index (χ0n) is 11.9. The minimum atomic E-state index is 0.397. The van der Waals surface area contributed by atoms with Crippen LogP contribution in [0.25, 0.3) is 0 Å². The molecule has 1 radical (unpaired) electrons. The van der Waals surface area contributed by atoms with Gasteiger partial charge in [0.2, 0.25) is 0 Å². The van der Waals surface area contributed by atoms with Gasteiger partial charge in [0.15, 0.2) is 0 Å². The van der Waals surface area contributed by atoms with Gasteiger partial charge < -0.3 is 0 Å². The van der Waals surface area contributed by atoms with Crippen molar-refractivity contribution in [3.8, 4) is 0 Å². The third-order valence-electron chi connectivity index (χ3n) is 4.84. The van der Waals surface area contributed by atoms with Gasteiger partial charge in [0, 0.05) is 5.41 Å². The lowest BCUT2D eigenvalue weighted by Crippen LogP contribution is -2.36. The minimum Gasteiger partial charge on any atom is -0.0878 e. The summed E-state index contributed by atoms with van der Waals surface area (Å²) in [6.07, 6.45) is 2.58. The normalized spacial score (nSPS) is 17.6. The van der Waals surface area contributed by atoms with E-state index in [1.54, 1.807) is 11.1 Å². The van der Waals surface area contributed by atoms with Gasteiger partial charge in [0.05, 0.1) is 0 Å². The number of hydrogen-bond acceptors (Lipinski definition) is 0. The number of benzene rings is 1. The van der Waals surface area contributed by atoms with E-state index in [0.29, 0.717) is 5.41 Å². The first-order chi connectivity index (χ1) is 8.02. The molecule has 0 aromatic heterocycles. The second kappa shape index (κ2) is 4.51. The zero-order chi connectivity index (χ0) is 12.6. The molecule has 0 amide bonds. The molecule has 0 N–H and O–H groups in total. The second-order valence-electron chi connectivity index (χ2n) is 6.06. The predicted octanol–water partition coefficient (Wildman–Crippen LogP) is 3.56. The molecule has 0 fully saturated rings. The Balaban J connectivity index is 2.55.